The molecule has 1 saturated carbocycles. The van der Waals surface area contributed by atoms with Crippen LogP contribution in [0.1, 0.15) is 40.0 Å². The van der Waals surface area contributed by atoms with Crippen LogP contribution >= 0.6 is 11.8 Å². The third-order valence-corrected chi connectivity index (χ3v) is 4.71. The Morgan fingerprint density at radius 3 is 2.83 bits per heavy atom. The second-order valence-corrected chi connectivity index (χ2v) is 6.84. The Bertz CT molecular complexity index is 287. The number of nitrogens with zero attached hydrogens (tertiary/aromatic N) is 2. The lowest BCUT2D eigenvalue weighted by Gasteiger charge is -2.18. The van der Waals surface area contributed by atoms with Crippen LogP contribution in [0.15, 0.2) is 4.99 Å². The number of aliphatic imine (C=N–C) groups is 1. The molecule has 1 heterocycles. The summed E-state index contributed by atoms with van der Waals surface area (Å²) in [7, 11) is 0. The summed E-state index contributed by atoms with van der Waals surface area (Å²) in [4.78, 5) is 7.27. The Hall–Kier alpha value is -0.220. The fraction of sp³-hybridized carbons (Fsp3) is 0.929. The Balaban J connectivity index is 1.67. The molecule has 1 unspecified atom stereocenters. The van der Waals surface area contributed by atoms with Gasteiger partial charge in [0.2, 0.25) is 0 Å². The fourth-order valence-corrected chi connectivity index (χ4v) is 3.55. The summed E-state index contributed by atoms with van der Waals surface area (Å²) in [6.07, 6.45) is 4.05. The van der Waals surface area contributed by atoms with E-state index in [-0.39, 0.29) is 0 Å². The quantitative estimate of drug-likeness (QED) is 0.770. The molecule has 18 heavy (non-hydrogen) atoms. The van der Waals surface area contributed by atoms with Gasteiger partial charge in [-0.05, 0) is 31.7 Å². The first-order valence-corrected chi connectivity index (χ1v) is 8.35. The summed E-state index contributed by atoms with van der Waals surface area (Å²) in [6, 6.07) is 1.51. The molecule has 1 N–H and O–H groups in total. The van der Waals surface area contributed by atoms with Crippen molar-refractivity contribution in [3.63, 3.8) is 0 Å². The summed E-state index contributed by atoms with van der Waals surface area (Å²) in [5.74, 6) is 1.96. The molecule has 2 rings (SSSR count). The van der Waals surface area contributed by atoms with Crippen molar-refractivity contribution in [1.29, 1.82) is 0 Å². The predicted octanol–water partition coefficient (Wildman–Crippen LogP) is 2.58. The van der Waals surface area contributed by atoms with Crippen LogP contribution in [0.3, 0.4) is 0 Å². The van der Waals surface area contributed by atoms with E-state index in [9.17, 15) is 0 Å². The molecule has 4 heteroatoms. The first-order chi connectivity index (χ1) is 8.69. The van der Waals surface area contributed by atoms with Gasteiger partial charge in [0.1, 0.15) is 0 Å². The van der Waals surface area contributed by atoms with Crippen molar-refractivity contribution in [2.75, 3.05) is 25.4 Å². The van der Waals surface area contributed by atoms with Gasteiger partial charge in [0.05, 0.1) is 6.54 Å². The van der Waals surface area contributed by atoms with Gasteiger partial charge in [0.25, 0.3) is 0 Å². The van der Waals surface area contributed by atoms with Crippen molar-refractivity contribution < 1.29 is 0 Å². The molecule has 2 aliphatic rings. The molecular formula is C14H27N3S. The normalized spacial score (nSPS) is 26.3. The van der Waals surface area contributed by atoms with Gasteiger partial charge in [-0.2, -0.15) is 0 Å². The number of nitrogens with one attached hydrogen (secondary N) is 1. The Kier molecular flexibility index (Phi) is 5.37. The monoisotopic (exact) mass is 269 g/mol. The van der Waals surface area contributed by atoms with Gasteiger partial charge in [-0.25, -0.2) is 0 Å². The first kappa shape index (κ1) is 14.2. The van der Waals surface area contributed by atoms with Crippen LogP contribution in [0, 0.1) is 5.92 Å². The van der Waals surface area contributed by atoms with Crippen LogP contribution in [0.25, 0.3) is 0 Å². The van der Waals surface area contributed by atoms with E-state index >= 15 is 0 Å². The van der Waals surface area contributed by atoms with Crippen molar-refractivity contribution in [1.82, 2.24) is 10.2 Å². The summed E-state index contributed by atoms with van der Waals surface area (Å²) in [5, 5.41) is 4.73. The van der Waals surface area contributed by atoms with E-state index in [1.807, 2.05) is 11.8 Å². The lowest BCUT2D eigenvalue weighted by molar-refractivity contribution is 0.286. The zero-order valence-corrected chi connectivity index (χ0v) is 12.8. The van der Waals surface area contributed by atoms with Crippen LogP contribution in [0.4, 0.5) is 0 Å². The molecule has 1 saturated heterocycles. The average Bonchev–Trinajstić information content (AvgIpc) is 3.07. The number of rotatable bonds is 7. The SMILES string of the molecule is CCN(CCN=C1NC(CC(C)C)CS1)C1CC1. The summed E-state index contributed by atoms with van der Waals surface area (Å²) in [5.41, 5.74) is 0. The van der Waals surface area contributed by atoms with Gasteiger partial charge in [0.15, 0.2) is 5.17 Å². The minimum atomic E-state index is 0.638. The van der Waals surface area contributed by atoms with Gasteiger partial charge in [-0.15, -0.1) is 0 Å². The second-order valence-electron chi connectivity index (χ2n) is 5.83. The molecule has 0 aromatic carbocycles. The number of thioether (sulfide) groups is 1. The summed E-state index contributed by atoms with van der Waals surface area (Å²) < 4.78 is 0. The van der Waals surface area contributed by atoms with Crippen LogP contribution < -0.4 is 5.32 Å². The smallest absolute Gasteiger partial charge is 0.156 e. The highest BCUT2D eigenvalue weighted by Gasteiger charge is 2.27. The van der Waals surface area contributed by atoms with E-state index in [1.165, 1.54) is 36.7 Å². The van der Waals surface area contributed by atoms with Crippen LogP contribution in [0.2, 0.25) is 0 Å². The van der Waals surface area contributed by atoms with Crippen molar-refractivity contribution in [2.24, 2.45) is 10.9 Å². The van der Waals surface area contributed by atoms with Gasteiger partial charge in [-0.3, -0.25) is 9.89 Å². The minimum Gasteiger partial charge on any atom is -0.361 e. The standard InChI is InChI=1S/C14H27N3S/c1-4-17(13-5-6-13)8-7-15-14-16-12(10-18-14)9-11(2)3/h11-13H,4-10H2,1-3H3,(H,15,16). The maximum absolute atomic E-state index is 4.71. The predicted molar refractivity (Wildman–Crippen MR) is 81.4 cm³/mol. The van der Waals surface area contributed by atoms with Crippen LogP contribution in [-0.4, -0.2) is 47.5 Å². The van der Waals surface area contributed by atoms with Crippen molar-refractivity contribution in [3.05, 3.63) is 0 Å². The van der Waals surface area contributed by atoms with Gasteiger partial charge < -0.3 is 5.32 Å². The summed E-state index contributed by atoms with van der Waals surface area (Å²) >= 11 is 1.90. The van der Waals surface area contributed by atoms with E-state index in [2.05, 4.69) is 31.0 Å². The van der Waals surface area contributed by atoms with Crippen molar-refractivity contribution in [3.8, 4) is 0 Å². The molecule has 0 bridgehead atoms. The molecule has 0 aromatic heterocycles. The lowest BCUT2D eigenvalue weighted by Crippen LogP contribution is -2.30. The molecule has 0 aromatic rings. The van der Waals surface area contributed by atoms with Crippen LogP contribution in [-0.2, 0) is 0 Å². The zero-order chi connectivity index (χ0) is 13.0. The Morgan fingerprint density at radius 1 is 1.44 bits per heavy atom. The highest BCUT2D eigenvalue weighted by Crippen LogP contribution is 2.26. The van der Waals surface area contributed by atoms with Gasteiger partial charge >= 0.3 is 0 Å². The highest BCUT2D eigenvalue weighted by atomic mass is 32.2. The third-order valence-electron chi connectivity index (χ3n) is 3.62. The average molecular weight is 269 g/mol. The van der Waals surface area contributed by atoms with E-state index in [0.717, 1.165) is 25.0 Å². The first-order valence-electron chi connectivity index (χ1n) is 7.37. The molecule has 3 nitrogen and oxygen atoms in total. The van der Waals surface area contributed by atoms with E-state index < -0.39 is 0 Å². The maximum Gasteiger partial charge on any atom is 0.156 e. The maximum atomic E-state index is 4.71. The fourth-order valence-electron chi connectivity index (χ4n) is 2.54. The molecule has 1 atom stereocenters. The lowest BCUT2D eigenvalue weighted by atomic mass is 10.1. The largest absolute Gasteiger partial charge is 0.361 e. The molecule has 0 spiro atoms. The number of hydrogen-bond acceptors (Lipinski definition) is 3. The Morgan fingerprint density at radius 2 is 2.22 bits per heavy atom. The topological polar surface area (TPSA) is 27.6 Å². The molecule has 0 radical (unpaired) electrons. The van der Waals surface area contributed by atoms with Crippen molar-refractivity contribution in [2.45, 2.75) is 52.1 Å². The minimum absolute atomic E-state index is 0.638. The molecular weight excluding hydrogens is 242 g/mol. The molecule has 1 aliphatic carbocycles. The zero-order valence-electron chi connectivity index (χ0n) is 12.0. The molecule has 1 aliphatic heterocycles. The summed E-state index contributed by atoms with van der Waals surface area (Å²) in [6.45, 7) is 10.1. The number of likely N-dealkylation sites (N-methyl/N-ethyl adjacent to an activating group) is 1. The molecule has 104 valence electrons. The second kappa shape index (κ2) is 6.80. The molecule has 0 amide bonds. The highest BCUT2D eigenvalue weighted by molar-refractivity contribution is 8.14. The van der Waals surface area contributed by atoms with Crippen molar-refractivity contribution >= 4 is 16.9 Å². The molecule has 2 fully saturated rings. The van der Waals surface area contributed by atoms with Crippen LogP contribution in [0.5, 0.6) is 0 Å². The third kappa shape index (κ3) is 4.47. The number of amidine groups is 1. The van der Waals surface area contributed by atoms with E-state index in [0.29, 0.717) is 6.04 Å². The Labute approximate surface area is 116 Å². The number of hydrogen-bond donors (Lipinski definition) is 1. The van der Waals surface area contributed by atoms with Gasteiger partial charge in [0, 0.05) is 24.4 Å². The van der Waals surface area contributed by atoms with E-state index in [4.69, 9.17) is 4.99 Å². The van der Waals surface area contributed by atoms with E-state index in [1.54, 1.807) is 0 Å². The van der Waals surface area contributed by atoms with Gasteiger partial charge in [-0.1, -0.05) is 32.5 Å².